The van der Waals surface area contributed by atoms with Gasteiger partial charge in [-0.3, -0.25) is 0 Å². The second-order valence-corrected chi connectivity index (χ2v) is 3.78. The van der Waals surface area contributed by atoms with E-state index in [1.54, 1.807) is 24.3 Å². The number of rotatable bonds is 2. The number of ether oxygens (including phenoxy) is 1. The predicted octanol–water partition coefficient (Wildman–Crippen LogP) is 3.08. The molecule has 0 heterocycles. The number of benzene rings is 2. The molecule has 0 aliphatic carbocycles. The molecule has 0 N–H and O–H groups in total. The summed E-state index contributed by atoms with van der Waals surface area (Å²) >= 11 is 0. The molecular formula is C13H13NO3S. The maximum atomic E-state index is 10.1. The average molecular weight is 263 g/mol. The van der Waals surface area contributed by atoms with Gasteiger partial charge in [0.15, 0.2) is 0 Å². The van der Waals surface area contributed by atoms with Crippen LogP contribution in [0.2, 0.25) is 0 Å². The summed E-state index contributed by atoms with van der Waals surface area (Å²) in [5.41, 5.74) is 0.393. The van der Waals surface area contributed by atoms with E-state index in [9.17, 15) is 8.42 Å². The van der Waals surface area contributed by atoms with Crippen LogP contribution < -0.4 is 4.74 Å². The van der Waals surface area contributed by atoms with E-state index >= 15 is 0 Å². The number of hydrogen-bond donors (Lipinski definition) is 0. The van der Waals surface area contributed by atoms with Crippen LogP contribution in [0.1, 0.15) is 0 Å². The van der Waals surface area contributed by atoms with Crippen molar-refractivity contribution in [2.45, 2.75) is 0 Å². The molecule has 94 valence electrons. The summed E-state index contributed by atoms with van der Waals surface area (Å²) in [6, 6.07) is 18.4. The molecule has 0 atom stereocenters. The van der Waals surface area contributed by atoms with Gasteiger partial charge in [0.25, 0.3) is 0 Å². The Morgan fingerprint density at radius 1 is 0.889 bits per heavy atom. The van der Waals surface area contributed by atoms with Crippen molar-refractivity contribution in [2.75, 3.05) is 7.11 Å². The summed E-state index contributed by atoms with van der Waals surface area (Å²) in [5.74, 6) is 0.672. The molecule has 0 bridgehead atoms. The summed E-state index contributed by atoms with van der Waals surface area (Å²) in [6.45, 7) is 0. The zero-order valence-electron chi connectivity index (χ0n) is 9.85. The lowest BCUT2D eigenvalue weighted by Gasteiger charge is -1.96. The third-order valence-electron chi connectivity index (χ3n) is 1.92. The molecule has 0 amide bonds. The first-order valence-corrected chi connectivity index (χ1v) is 6.21. The minimum atomic E-state index is -2.39. The van der Waals surface area contributed by atoms with Crippen LogP contribution in [0.5, 0.6) is 5.75 Å². The maximum Gasteiger partial charge on any atom is 0.316 e. The van der Waals surface area contributed by atoms with Crippen LogP contribution in [-0.4, -0.2) is 15.5 Å². The Morgan fingerprint density at radius 3 is 1.67 bits per heavy atom. The molecule has 2 aromatic rings. The molecule has 0 aromatic heterocycles. The van der Waals surface area contributed by atoms with Gasteiger partial charge in [-0.15, -0.1) is 4.36 Å². The van der Waals surface area contributed by atoms with Crippen LogP contribution in [0.3, 0.4) is 0 Å². The quantitative estimate of drug-likeness (QED) is 0.836. The molecule has 0 aliphatic rings. The van der Waals surface area contributed by atoms with Crippen molar-refractivity contribution in [3.63, 3.8) is 0 Å². The highest BCUT2D eigenvalue weighted by Gasteiger charge is 1.90. The minimum Gasteiger partial charge on any atom is -0.497 e. The lowest BCUT2D eigenvalue weighted by atomic mass is 10.3. The van der Waals surface area contributed by atoms with Crippen molar-refractivity contribution in [2.24, 2.45) is 4.36 Å². The van der Waals surface area contributed by atoms with Crippen molar-refractivity contribution >= 4 is 16.2 Å². The van der Waals surface area contributed by atoms with Gasteiger partial charge in [-0.2, -0.15) is 8.42 Å². The Morgan fingerprint density at radius 2 is 1.33 bits per heavy atom. The highest BCUT2D eigenvalue weighted by atomic mass is 32.2. The summed E-state index contributed by atoms with van der Waals surface area (Å²) in [6.07, 6.45) is 0. The van der Waals surface area contributed by atoms with Gasteiger partial charge in [0, 0.05) is 0 Å². The maximum absolute atomic E-state index is 10.1. The van der Waals surface area contributed by atoms with Gasteiger partial charge in [-0.1, -0.05) is 36.4 Å². The van der Waals surface area contributed by atoms with Crippen LogP contribution in [0, 0.1) is 0 Å². The zero-order chi connectivity index (χ0) is 13.2. The fourth-order valence-electron chi connectivity index (χ4n) is 1.11. The number of hydrogen-bond acceptors (Lipinski definition) is 4. The fraction of sp³-hybridized carbons (Fsp3) is 0.0769. The van der Waals surface area contributed by atoms with E-state index in [2.05, 4.69) is 4.36 Å². The Hall–Kier alpha value is -2.14. The van der Waals surface area contributed by atoms with Crippen molar-refractivity contribution in [3.8, 4) is 5.75 Å². The summed E-state index contributed by atoms with van der Waals surface area (Å²) in [7, 11) is -0.851. The van der Waals surface area contributed by atoms with E-state index in [1.807, 2.05) is 36.4 Å². The first-order chi connectivity index (χ1) is 8.72. The van der Waals surface area contributed by atoms with E-state index in [1.165, 1.54) is 7.11 Å². The third-order valence-corrected chi connectivity index (χ3v) is 2.28. The number of nitrogens with zero attached hydrogens (tertiary/aromatic N) is 1. The second-order valence-electron chi connectivity index (χ2n) is 3.16. The largest absolute Gasteiger partial charge is 0.497 e. The molecule has 0 unspecified atom stereocenters. The van der Waals surface area contributed by atoms with Gasteiger partial charge in [0.1, 0.15) is 5.75 Å². The molecule has 18 heavy (non-hydrogen) atoms. The van der Waals surface area contributed by atoms with E-state index in [0.29, 0.717) is 11.4 Å². The highest BCUT2D eigenvalue weighted by Crippen LogP contribution is 2.16. The van der Waals surface area contributed by atoms with E-state index in [0.717, 1.165) is 0 Å². The third kappa shape index (κ3) is 5.81. The van der Waals surface area contributed by atoms with Crippen molar-refractivity contribution in [1.82, 2.24) is 0 Å². The minimum absolute atomic E-state index is 0.393. The standard InChI is InChI=1S/C7H7NO3S.C6H6/c1-11-7-4-2-6(3-5-7)8-12(9)10;1-2-4-6-5-3-1/h2-5H,1H3;1-6H. The molecule has 0 radical (unpaired) electrons. The normalized spacial score (nSPS) is 8.72. The Balaban J connectivity index is 0.000000225. The molecule has 2 rings (SSSR count). The number of methoxy groups -OCH3 is 1. The zero-order valence-corrected chi connectivity index (χ0v) is 10.7. The monoisotopic (exact) mass is 263 g/mol. The van der Waals surface area contributed by atoms with Gasteiger partial charge in [0.05, 0.1) is 12.8 Å². The van der Waals surface area contributed by atoms with E-state index in [4.69, 9.17) is 4.74 Å². The first kappa shape index (κ1) is 13.9. The van der Waals surface area contributed by atoms with Crippen LogP contribution in [0.15, 0.2) is 65.0 Å². The summed E-state index contributed by atoms with van der Waals surface area (Å²) < 4.78 is 28.4. The molecule has 0 aliphatic heterocycles. The van der Waals surface area contributed by atoms with Crippen molar-refractivity contribution < 1.29 is 13.2 Å². The predicted molar refractivity (Wildman–Crippen MR) is 70.4 cm³/mol. The van der Waals surface area contributed by atoms with Gasteiger partial charge in [0.2, 0.25) is 0 Å². The summed E-state index contributed by atoms with van der Waals surface area (Å²) in [4.78, 5) is 0. The van der Waals surface area contributed by atoms with Crippen LogP contribution >= 0.6 is 0 Å². The van der Waals surface area contributed by atoms with Crippen molar-refractivity contribution in [1.29, 1.82) is 0 Å². The molecule has 0 fully saturated rings. The SMILES string of the molecule is COc1ccc(N=S(=O)=O)cc1.c1ccccc1. The smallest absolute Gasteiger partial charge is 0.316 e. The lowest BCUT2D eigenvalue weighted by molar-refractivity contribution is 0.415. The topological polar surface area (TPSA) is 55.7 Å². The average Bonchev–Trinajstić information content (AvgIpc) is 2.42. The van der Waals surface area contributed by atoms with Crippen LogP contribution in [-0.2, 0) is 10.5 Å². The Labute approximate surface area is 108 Å². The Kier molecular flexibility index (Phi) is 6.21. The van der Waals surface area contributed by atoms with E-state index in [-0.39, 0.29) is 0 Å². The molecular weight excluding hydrogens is 250 g/mol. The van der Waals surface area contributed by atoms with Crippen LogP contribution in [0.25, 0.3) is 0 Å². The molecule has 0 saturated heterocycles. The second kappa shape index (κ2) is 8.03. The molecule has 2 aromatic carbocycles. The van der Waals surface area contributed by atoms with Gasteiger partial charge in [-0.25, -0.2) is 0 Å². The van der Waals surface area contributed by atoms with Crippen LogP contribution in [0.4, 0.5) is 5.69 Å². The van der Waals surface area contributed by atoms with Gasteiger partial charge >= 0.3 is 10.5 Å². The summed E-state index contributed by atoms with van der Waals surface area (Å²) in [5, 5.41) is 0. The van der Waals surface area contributed by atoms with Gasteiger partial charge < -0.3 is 4.74 Å². The van der Waals surface area contributed by atoms with Crippen molar-refractivity contribution in [3.05, 3.63) is 60.7 Å². The molecule has 4 nitrogen and oxygen atoms in total. The Bertz CT molecular complexity index is 543. The van der Waals surface area contributed by atoms with Gasteiger partial charge in [-0.05, 0) is 24.3 Å². The lowest BCUT2D eigenvalue weighted by Crippen LogP contribution is -1.79. The molecule has 5 heteroatoms. The van der Waals surface area contributed by atoms with E-state index < -0.39 is 10.5 Å². The molecule has 0 saturated carbocycles. The first-order valence-electron chi connectivity index (χ1n) is 5.17. The fourth-order valence-corrected chi connectivity index (χ4v) is 1.41. The highest BCUT2D eigenvalue weighted by molar-refractivity contribution is 7.61. The molecule has 0 spiro atoms.